The third-order valence-corrected chi connectivity index (χ3v) is 9.66. The molecule has 12 heteroatoms. The Bertz CT molecular complexity index is 1520. The molecule has 246 valence electrons. The molecule has 2 aromatic heterocycles. The summed E-state index contributed by atoms with van der Waals surface area (Å²) in [5.41, 5.74) is 3.53. The van der Waals surface area contributed by atoms with Crippen LogP contribution in [0.25, 0.3) is 0 Å². The maximum Gasteiger partial charge on any atom is 0.319 e. The van der Waals surface area contributed by atoms with E-state index in [1.807, 2.05) is 4.90 Å². The van der Waals surface area contributed by atoms with Gasteiger partial charge in [0.1, 0.15) is 17.6 Å². The van der Waals surface area contributed by atoms with Gasteiger partial charge in [-0.3, -0.25) is 19.2 Å². The van der Waals surface area contributed by atoms with E-state index in [4.69, 9.17) is 4.74 Å². The molecule has 2 saturated heterocycles. The van der Waals surface area contributed by atoms with Crippen LogP contribution in [0.15, 0.2) is 42.7 Å². The Morgan fingerprint density at radius 1 is 1.00 bits per heavy atom. The van der Waals surface area contributed by atoms with Gasteiger partial charge in [-0.15, -0.1) is 0 Å². The van der Waals surface area contributed by atoms with Gasteiger partial charge in [0.15, 0.2) is 0 Å². The number of piperidine rings is 2. The average molecular weight is 631 g/mol. The molecular formula is C34H46N8O4. The minimum atomic E-state index is -0.651. The summed E-state index contributed by atoms with van der Waals surface area (Å²) < 4.78 is 7.75. The fraction of sp³-hybridized carbons (Fsp3) is 0.559. The topological polar surface area (TPSA) is 129 Å². The molecule has 46 heavy (non-hydrogen) atoms. The fourth-order valence-electron chi connectivity index (χ4n) is 6.91. The number of carbonyl (C=O) groups excluding carboxylic acids is 2. The molecule has 2 fully saturated rings. The van der Waals surface area contributed by atoms with Crippen LogP contribution in [0.2, 0.25) is 0 Å². The highest BCUT2D eigenvalue weighted by Crippen LogP contribution is 2.27. The third-order valence-electron chi connectivity index (χ3n) is 9.66. The molecular weight excluding hydrogens is 584 g/mol. The summed E-state index contributed by atoms with van der Waals surface area (Å²) in [6.45, 7) is 7.83. The molecule has 3 aliphatic rings. The number of nitrogens with zero attached hydrogens (tertiary/aromatic N) is 7. The predicted octanol–water partition coefficient (Wildman–Crippen LogP) is 3.13. The van der Waals surface area contributed by atoms with Crippen LogP contribution in [-0.2, 0) is 20.0 Å². The Morgan fingerprint density at radius 3 is 2.43 bits per heavy atom. The van der Waals surface area contributed by atoms with Crippen LogP contribution in [-0.4, -0.2) is 108 Å². The number of nitrogens with one attached hydrogen (secondary N) is 1. The lowest BCUT2D eigenvalue weighted by molar-refractivity contribution is -0.0139. The molecule has 1 aromatic carbocycles. The SMILES string of the molecule is CCC(CC)Oc1nc(NC2CCN(C(=O)c3cnn(C)c3)CC2)cc(C(=O)N2CC[C@@H](N3CCc4ccccc4C3)[C@H](O)C2)n1. The van der Waals surface area contributed by atoms with Crippen LogP contribution in [0.1, 0.15) is 77.9 Å². The van der Waals surface area contributed by atoms with Gasteiger partial charge >= 0.3 is 6.01 Å². The lowest BCUT2D eigenvalue weighted by Crippen LogP contribution is -2.56. The first-order valence-corrected chi connectivity index (χ1v) is 16.7. The van der Waals surface area contributed by atoms with Crippen molar-refractivity contribution >= 4 is 17.6 Å². The Labute approximate surface area is 270 Å². The van der Waals surface area contributed by atoms with Crippen LogP contribution in [0.4, 0.5) is 5.82 Å². The predicted molar refractivity (Wildman–Crippen MR) is 174 cm³/mol. The first kappa shape index (κ1) is 31.9. The molecule has 0 aliphatic carbocycles. The molecule has 2 atom stereocenters. The Hall–Kier alpha value is -4.03. The van der Waals surface area contributed by atoms with E-state index in [1.165, 1.54) is 11.1 Å². The molecule has 2 N–H and O–H groups in total. The smallest absolute Gasteiger partial charge is 0.319 e. The zero-order chi connectivity index (χ0) is 32.2. The number of amides is 2. The van der Waals surface area contributed by atoms with Gasteiger partial charge < -0.3 is 25.0 Å². The van der Waals surface area contributed by atoms with E-state index < -0.39 is 6.10 Å². The van der Waals surface area contributed by atoms with Crippen LogP contribution in [0, 0.1) is 0 Å². The number of aryl methyl sites for hydroxylation is 1. The van der Waals surface area contributed by atoms with Gasteiger partial charge in [-0.1, -0.05) is 38.1 Å². The van der Waals surface area contributed by atoms with Crippen molar-refractivity contribution in [2.45, 2.75) is 83.2 Å². The minimum Gasteiger partial charge on any atom is -0.460 e. The average Bonchev–Trinajstić information content (AvgIpc) is 3.52. The highest BCUT2D eigenvalue weighted by atomic mass is 16.5. The molecule has 5 heterocycles. The standard InChI is InChI=1S/C34H46N8O4/c1-4-27(5-2)46-34-37-28(18-31(38-34)36-26-11-15-40(16-12-26)32(44)25-19-35-39(3)20-25)33(45)42-17-13-29(30(43)22-42)41-14-10-23-8-6-7-9-24(23)21-41/h6-9,18-20,26-27,29-30,43H,4-5,10-17,21-22H2,1-3H3,(H,36,37,38)/t29-,30-/m1/s1. The summed E-state index contributed by atoms with van der Waals surface area (Å²) in [6, 6.07) is 10.4. The lowest BCUT2D eigenvalue weighted by Gasteiger charge is -2.43. The summed E-state index contributed by atoms with van der Waals surface area (Å²) in [5, 5.41) is 18.8. The van der Waals surface area contributed by atoms with Crippen LogP contribution >= 0.6 is 0 Å². The van der Waals surface area contributed by atoms with Gasteiger partial charge in [0.2, 0.25) is 0 Å². The highest BCUT2D eigenvalue weighted by Gasteiger charge is 2.36. The second kappa shape index (κ2) is 14.2. The maximum atomic E-state index is 13.8. The van der Waals surface area contributed by atoms with E-state index in [0.29, 0.717) is 37.4 Å². The molecule has 0 unspecified atom stereocenters. The quantitative estimate of drug-likeness (QED) is 0.367. The van der Waals surface area contributed by atoms with Crippen LogP contribution in [0.3, 0.4) is 0 Å². The number of fused-ring (bicyclic) bond motifs is 1. The number of aliphatic hydroxyl groups is 1. The van der Waals surface area contributed by atoms with Crippen LogP contribution in [0.5, 0.6) is 6.01 Å². The summed E-state index contributed by atoms with van der Waals surface area (Å²) in [5.74, 6) is 0.273. The van der Waals surface area contributed by atoms with Gasteiger partial charge in [0.25, 0.3) is 11.8 Å². The van der Waals surface area contributed by atoms with Crippen molar-refractivity contribution in [1.29, 1.82) is 0 Å². The summed E-state index contributed by atoms with van der Waals surface area (Å²) in [7, 11) is 1.80. The van der Waals surface area contributed by atoms with E-state index in [-0.39, 0.29) is 48.3 Å². The van der Waals surface area contributed by atoms with Crippen molar-refractivity contribution in [2.24, 2.45) is 7.05 Å². The molecule has 0 spiro atoms. The third kappa shape index (κ3) is 7.18. The molecule has 0 saturated carbocycles. The fourth-order valence-corrected chi connectivity index (χ4v) is 6.91. The number of anilines is 1. The molecule has 6 rings (SSSR count). The number of hydrogen-bond donors (Lipinski definition) is 2. The lowest BCUT2D eigenvalue weighted by atomic mass is 9.94. The largest absolute Gasteiger partial charge is 0.460 e. The molecule has 2 amide bonds. The number of ether oxygens (including phenoxy) is 1. The van der Waals surface area contributed by atoms with E-state index in [0.717, 1.165) is 45.2 Å². The second-order valence-corrected chi connectivity index (χ2v) is 12.8. The number of likely N-dealkylation sites (tertiary alicyclic amines) is 2. The van der Waals surface area contributed by atoms with Crippen molar-refractivity contribution < 1.29 is 19.4 Å². The van der Waals surface area contributed by atoms with E-state index in [2.05, 4.69) is 63.4 Å². The number of carbonyl (C=O) groups is 2. The first-order valence-electron chi connectivity index (χ1n) is 16.7. The van der Waals surface area contributed by atoms with E-state index >= 15 is 0 Å². The molecule has 12 nitrogen and oxygen atoms in total. The molecule has 0 radical (unpaired) electrons. The Kier molecular flexibility index (Phi) is 9.83. The zero-order valence-corrected chi connectivity index (χ0v) is 27.1. The Balaban J connectivity index is 1.11. The maximum absolute atomic E-state index is 13.8. The van der Waals surface area contributed by atoms with E-state index in [9.17, 15) is 14.7 Å². The second-order valence-electron chi connectivity index (χ2n) is 12.8. The van der Waals surface area contributed by atoms with Crippen molar-refractivity contribution in [3.8, 4) is 6.01 Å². The number of benzene rings is 1. The van der Waals surface area contributed by atoms with Gasteiger partial charge in [-0.25, -0.2) is 0 Å². The van der Waals surface area contributed by atoms with E-state index in [1.54, 1.807) is 35.1 Å². The zero-order valence-electron chi connectivity index (χ0n) is 27.1. The molecule has 3 aliphatic heterocycles. The monoisotopic (exact) mass is 630 g/mol. The van der Waals surface area contributed by atoms with Crippen molar-refractivity contribution in [3.05, 3.63) is 65.1 Å². The summed E-state index contributed by atoms with van der Waals surface area (Å²) in [4.78, 5) is 41.8. The minimum absolute atomic E-state index is 0.00435. The number of β-amino-alcohol motifs (C(OH)–C–C–N with tert-alkyl or cyclic N) is 1. The van der Waals surface area contributed by atoms with Gasteiger partial charge in [0.05, 0.1) is 17.9 Å². The van der Waals surface area contributed by atoms with Gasteiger partial charge in [-0.2, -0.15) is 15.1 Å². The first-order chi connectivity index (χ1) is 22.3. The van der Waals surface area contributed by atoms with Crippen molar-refractivity contribution in [1.82, 2.24) is 34.4 Å². The Morgan fingerprint density at radius 2 is 1.74 bits per heavy atom. The number of aliphatic hydroxyl groups excluding tert-OH is 1. The molecule has 0 bridgehead atoms. The molecule has 3 aromatic rings. The number of aromatic nitrogens is 4. The van der Waals surface area contributed by atoms with Gasteiger partial charge in [0, 0.05) is 70.7 Å². The summed E-state index contributed by atoms with van der Waals surface area (Å²) in [6.07, 6.45) is 7.36. The number of hydrogen-bond acceptors (Lipinski definition) is 9. The van der Waals surface area contributed by atoms with Gasteiger partial charge in [-0.05, 0) is 49.7 Å². The summed E-state index contributed by atoms with van der Waals surface area (Å²) >= 11 is 0. The highest BCUT2D eigenvalue weighted by molar-refractivity contribution is 5.94. The normalized spacial score (nSPS) is 20.9. The van der Waals surface area contributed by atoms with Crippen molar-refractivity contribution in [2.75, 3.05) is 38.0 Å². The number of rotatable bonds is 9. The van der Waals surface area contributed by atoms with Crippen LogP contribution < -0.4 is 10.1 Å². The van der Waals surface area contributed by atoms with Crippen molar-refractivity contribution in [3.63, 3.8) is 0 Å².